The first-order chi connectivity index (χ1) is 4.68. The first-order valence-corrected chi connectivity index (χ1v) is 5.00. The van der Waals surface area contributed by atoms with Gasteiger partial charge in [-0.3, -0.25) is 0 Å². The summed E-state index contributed by atoms with van der Waals surface area (Å²) in [5.41, 5.74) is 0.468. The highest BCUT2D eigenvalue weighted by molar-refractivity contribution is 6.08. The number of aliphatic carboxylic acids is 1. The van der Waals surface area contributed by atoms with Crippen molar-refractivity contribution in [2.45, 2.75) is 25.8 Å². The van der Waals surface area contributed by atoms with E-state index in [1.807, 2.05) is 0 Å². The number of carboxylic acids is 1. The number of allylic oxidation sites excluding steroid dienone is 1. The van der Waals surface area contributed by atoms with Crippen LogP contribution in [0.15, 0.2) is 11.6 Å². The van der Waals surface area contributed by atoms with E-state index in [9.17, 15) is 4.79 Å². The van der Waals surface area contributed by atoms with Crippen LogP contribution >= 0.6 is 0 Å². The third-order valence-corrected chi connectivity index (χ3v) is 2.05. The van der Waals surface area contributed by atoms with Crippen LogP contribution < -0.4 is 0 Å². The molecule has 3 heteroatoms. The highest BCUT2D eigenvalue weighted by Gasteiger charge is 1.96. The molecular formula is C7H14O2Si. The summed E-state index contributed by atoms with van der Waals surface area (Å²) in [6.07, 6.45) is 3.85. The van der Waals surface area contributed by atoms with E-state index in [-0.39, 0.29) is 0 Å². The standard InChI is InChI=1S/C7H14O2Si/c1-6(7(8)9)4-2-3-5-10/h4H,2-3,5H2,1,10H3,(H,8,9). The van der Waals surface area contributed by atoms with Crippen molar-refractivity contribution in [1.82, 2.24) is 0 Å². The van der Waals surface area contributed by atoms with E-state index in [1.165, 1.54) is 16.3 Å². The monoisotopic (exact) mass is 158 g/mol. The summed E-state index contributed by atoms with van der Waals surface area (Å²) in [4.78, 5) is 10.2. The van der Waals surface area contributed by atoms with E-state index in [0.29, 0.717) is 5.57 Å². The molecule has 0 atom stereocenters. The molecule has 0 amide bonds. The number of carbonyl (C=O) groups is 1. The molecule has 1 N–H and O–H groups in total. The lowest BCUT2D eigenvalue weighted by molar-refractivity contribution is -0.132. The Morgan fingerprint density at radius 3 is 2.70 bits per heavy atom. The van der Waals surface area contributed by atoms with Gasteiger partial charge in [-0.25, -0.2) is 4.79 Å². The summed E-state index contributed by atoms with van der Waals surface area (Å²) in [6, 6.07) is 1.25. The van der Waals surface area contributed by atoms with Crippen molar-refractivity contribution in [3.8, 4) is 0 Å². The van der Waals surface area contributed by atoms with Gasteiger partial charge in [0.1, 0.15) is 0 Å². The predicted octanol–water partition coefficient (Wildman–Crippen LogP) is 0.581. The summed E-state index contributed by atoms with van der Waals surface area (Å²) < 4.78 is 0. The van der Waals surface area contributed by atoms with Crippen molar-refractivity contribution in [1.29, 1.82) is 0 Å². The Kier molecular flexibility index (Phi) is 4.93. The van der Waals surface area contributed by atoms with Gasteiger partial charge in [-0.05, 0) is 13.3 Å². The SMILES string of the molecule is CC(=CCCC[SiH3])C(=O)O. The van der Waals surface area contributed by atoms with Crippen LogP contribution in [0.3, 0.4) is 0 Å². The van der Waals surface area contributed by atoms with Crippen molar-refractivity contribution >= 4 is 16.2 Å². The Morgan fingerprint density at radius 1 is 1.70 bits per heavy atom. The maximum absolute atomic E-state index is 10.2. The van der Waals surface area contributed by atoms with E-state index >= 15 is 0 Å². The van der Waals surface area contributed by atoms with Crippen LogP contribution in [0.25, 0.3) is 0 Å². The Morgan fingerprint density at radius 2 is 2.30 bits per heavy atom. The maximum Gasteiger partial charge on any atom is 0.330 e. The lowest BCUT2D eigenvalue weighted by Crippen LogP contribution is -1.95. The molecule has 0 unspecified atom stereocenters. The molecule has 0 rings (SSSR count). The molecular weight excluding hydrogens is 144 g/mol. The molecule has 0 bridgehead atoms. The molecule has 0 fully saturated rings. The lowest BCUT2D eigenvalue weighted by Gasteiger charge is -1.91. The van der Waals surface area contributed by atoms with E-state index in [1.54, 1.807) is 13.0 Å². The van der Waals surface area contributed by atoms with Crippen molar-refractivity contribution in [2.24, 2.45) is 0 Å². The zero-order valence-corrected chi connectivity index (χ0v) is 8.55. The van der Waals surface area contributed by atoms with Crippen LogP contribution in [0.4, 0.5) is 0 Å². The minimum atomic E-state index is -0.798. The predicted molar refractivity (Wildman–Crippen MR) is 45.4 cm³/mol. The fourth-order valence-electron chi connectivity index (χ4n) is 0.610. The zero-order valence-electron chi connectivity index (χ0n) is 6.55. The van der Waals surface area contributed by atoms with E-state index in [2.05, 4.69) is 0 Å². The second kappa shape index (κ2) is 5.23. The number of hydrogen-bond acceptors (Lipinski definition) is 1. The van der Waals surface area contributed by atoms with Crippen LogP contribution in [0.2, 0.25) is 6.04 Å². The molecule has 0 aliphatic heterocycles. The molecule has 0 saturated heterocycles. The third kappa shape index (κ3) is 4.32. The topological polar surface area (TPSA) is 37.3 Å². The second-order valence-corrected chi connectivity index (χ2v) is 3.33. The van der Waals surface area contributed by atoms with Gasteiger partial charge >= 0.3 is 5.97 Å². The Bertz CT molecular complexity index is 141. The van der Waals surface area contributed by atoms with Gasteiger partial charge < -0.3 is 5.11 Å². The normalized spacial score (nSPS) is 11.9. The molecule has 2 nitrogen and oxygen atoms in total. The summed E-state index contributed by atoms with van der Waals surface area (Å²) in [7, 11) is 1.22. The Hall–Kier alpha value is -0.573. The number of carboxylic acid groups (broad SMARTS) is 1. The van der Waals surface area contributed by atoms with Crippen molar-refractivity contribution < 1.29 is 9.90 Å². The van der Waals surface area contributed by atoms with E-state index in [0.717, 1.165) is 12.8 Å². The van der Waals surface area contributed by atoms with Crippen molar-refractivity contribution in [3.63, 3.8) is 0 Å². The maximum atomic E-state index is 10.2. The number of unbranched alkanes of at least 4 members (excludes halogenated alkanes) is 1. The molecule has 0 saturated carbocycles. The molecule has 0 radical (unpaired) electrons. The zero-order chi connectivity index (χ0) is 7.98. The van der Waals surface area contributed by atoms with Crippen LogP contribution in [-0.4, -0.2) is 21.3 Å². The van der Waals surface area contributed by atoms with Gasteiger partial charge in [0.2, 0.25) is 0 Å². The van der Waals surface area contributed by atoms with Gasteiger partial charge in [-0.15, -0.1) is 0 Å². The van der Waals surface area contributed by atoms with Crippen LogP contribution in [0.5, 0.6) is 0 Å². The lowest BCUT2D eigenvalue weighted by atomic mass is 10.2. The molecule has 0 aromatic heterocycles. The quantitative estimate of drug-likeness (QED) is 0.369. The summed E-state index contributed by atoms with van der Waals surface area (Å²) in [6.45, 7) is 1.63. The molecule has 0 spiro atoms. The summed E-state index contributed by atoms with van der Waals surface area (Å²) >= 11 is 0. The first kappa shape index (κ1) is 9.43. The van der Waals surface area contributed by atoms with Crippen LogP contribution in [-0.2, 0) is 4.79 Å². The molecule has 0 aromatic rings. The Balaban J connectivity index is 3.58. The van der Waals surface area contributed by atoms with Crippen molar-refractivity contribution in [3.05, 3.63) is 11.6 Å². The van der Waals surface area contributed by atoms with Crippen LogP contribution in [0, 0.1) is 0 Å². The summed E-state index contributed by atoms with van der Waals surface area (Å²) in [5.74, 6) is -0.798. The van der Waals surface area contributed by atoms with Gasteiger partial charge in [0.05, 0.1) is 0 Å². The number of hydrogen-bond donors (Lipinski definition) is 1. The highest BCUT2D eigenvalue weighted by Crippen LogP contribution is 1.99. The minimum Gasteiger partial charge on any atom is -0.478 e. The Labute approximate surface area is 64.4 Å². The molecule has 0 heterocycles. The van der Waals surface area contributed by atoms with Crippen LogP contribution in [0.1, 0.15) is 19.8 Å². The van der Waals surface area contributed by atoms with E-state index < -0.39 is 5.97 Å². The average Bonchev–Trinajstić information content (AvgIpc) is 1.88. The van der Waals surface area contributed by atoms with Gasteiger partial charge in [0, 0.05) is 15.8 Å². The fourth-order valence-corrected chi connectivity index (χ4v) is 1.02. The third-order valence-electron chi connectivity index (χ3n) is 1.35. The highest BCUT2D eigenvalue weighted by atomic mass is 28.1. The molecule has 58 valence electrons. The van der Waals surface area contributed by atoms with Gasteiger partial charge in [0.15, 0.2) is 0 Å². The van der Waals surface area contributed by atoms with E-state index in [4.69, 9.17) is 5.11 Å². The van der Waals surface area contributed by atoms with Gasteiger partial charge in [0.25, 0.3) is 0 Å². The smallest absolute Gasteiger partial charge is 0.330 e. The summed E-state index contributed by atoms with van der Waals surface area (Å²) in [5, 5.41) is 8.42. The minimum absolute atomic E-state index is 0.468. The molecule has 0 aliphatic rings. The fraction of sp³-hybridized carbons (Fsp3) is 0.571. The first-order valence-electron chi connectivity index (χ1n) is 3.58. The second-order valence-electron chi connectivity index (χ2n) is 2.33. The molecule has 0 aliphatic carbocycles. The molecule has 0 aromatic carbocycles. The average molecular weight is 158 g/mol. The van der Waals surface area contributed by atoms with Gasteiger partial charge in [-0.1, -0.05) is 18.5 Å². The van der Waals surface area contributed by atoms with Crippen molar-refractivity contribution in [2.75, 3.05) is 0 Å². The largest absolute Gasteiger partial charge is 0.478 e. The van der Waals surface area contributed by atoms with Gasteiger partial charge in [-0.2, -0.15) is 0 Å². The molecule has 10 heavy (non-hydrogen) atoms. The number of rotatable bonds is 4.